The lowest BCUT2D eigenvalue weighted by molar-refractivity contribution is -0.107. The monoisotopic (exact) mass is 188 g/mol. The van der Waals surface area contributed by atoms with Gasteiger partial charge >= 0.3 is 0 Å². The van der Waals surface area contributed by atoms with Crippen molar-refractivity contribution in [2.75, 3.05) is 0 Å². The maximum absolute atomic E-state index is 10.0. The summed E-state index contributed by atoms with van der Waals surface area (Å²) in [6, 6.07) is 0. The molecule has 52 valence electrons. The zero-order valence-electron chi connectivity index (χ0n) is 4.04. The number of carbonyl (C=O) groups is 1. The van der Waals surface area contributed by atoms with E-state index in [0.717, 1.165) is 0 Å². The molecular weight excluding hydrogens is 187 g/mol. The Hall–Kier alpha value is -0.0600. The summed E-state index contributed by atoms with van der Waals surface area (Å²) in [5.74, 6) is 0. The Morgan fingerprint density at radius 3 is 2.00 bits per heavy atom. The molecule has 0 atom stereocenters. The second-order valence-electron chi connectivity index (χ2n) is 1.08. The molecule has 0 bridgehead atoms. The van der Waals surface area contributed by atoms with E-state index in [-0.39, 0.29) is 0 Å². The van der Waals surface area contributed by atoms with Gasteiger partial charge in [-0.3, -0.25) is 4.79 Å². The Labute approximate surface area is 61.7 Å². The summed E-state index contributed by atoms with van der Waals surface area (Å²) in [4.78, 5) is 9.85. The van der Waals surface area contributed by atoms with Crippen LogP contribution in [-0.2, 0) is 13.8 Å². The van der Waals surface area contributed by atoms with Crippen LogP contribution in [0.4, 0.5) is 0 Å². The molecular formula is C3H2Cl2O3S. The fourth-order valence-electron chi connectivity index (χ4n) is 0.135. The van der Waals surface area contributed by atoms with E-state index in [0.29, 0.717) is 11.5 Å². The fourth-order valence-corrected chi connectivity index (χ4v) is 0.713. The highest BCUT2D eigenvalue weighted by atomic mass is 35.7. The minimum Gasteiger partial charge on any atom is -0.276 e. The van der Waals surface area contributed by atoms with Crippen LogP contribution in [0.5, 0.6) is 0 Å². The largest absolute Gasteiger partial charge is 0.276 e. The molecule has 0 aromatic rings. The SMILES string of the molecule is O=C(Cl)/C=C/S(=O)(=O)Cl. The van der Waals surface area contributed by atoms with Crippen LogP contribution in [0.2, 0.25) is 0 Å². The van der Waals surface area contributed by atoms with Crippen molar-refractivity contribution in [3.05, 3.63) is 11.5 Å². The smallest absolute Gasteiger partial charge is 0.254 e. The molecule has 0 N–H and O–H groups in total. The van der Waals surface area contributed by atoms with E-state index < -0.39 is 14.3 Å². The van der Waals surface area contributed by atoms with Crippen molar-refractivity contribution >= 4 is 36.6 Å². The lowest BCUT2D eigenvalue weighted by Crippen LogP contribution is -1.82. The van der Waals surface area contributed by atoms with Crippen LogP contribution >= 0.6 is 22.3 Å². The lowest BCUT2D eigenvalue weighted by Gasteiger charge is -1.76. The molecule has 0 aromatic heterocycles. The summed E-state index contributed by atoms with van der Waals surface area (Å²) in [6.45, 7) is 0. The first kappa shape index (κ1) is 8.94. The Balaban J connectivity index is 4.21. The van der Waals surface area contributed by atoms with Gasteiger partial charge in [-0.15, -0.1) is 0 Å². The first-order chi connectivity index (χ1) is 3.92. The third kappa shape index (κ3) is 7.94. The molecule has 6 heteroatoms. The molecule has 9 heavy (non-hydrogen) atoms. The molecule has 0 saturated carbocycles. The van der Waals surface area contributed by atoms with Gasteiger partial charge in [0, 0.05) is 16.8 Å². The van der Waals surface area contributed by atoms with Crippen LogP contribution in [0, 0.1) is 0 Å². The Morgan fingerprint density at radius 2 is 1.89 bits per heavy atom. The normalized spacial score (nSPS) is 12.2. The van der Waals surface area contributed by atoms with Crippen molar-refractivity contribution in [3.8, 4) is 0 Å². The van der Waals surface area contributed by atoms with Crippen LogP contribution in [0.15, 0.2) is 11.5 Å². The van der Waals surface area contributed by atoms with Gasteiger partial charge in [-0.25, -0.2) is 8.42 Å². The van der Waals surface area contributed by atoms with E-state index in [1.165, 1.54) is 0 Å². The average molecular weight is 189 g/mol. The van der Waals surface area contributed by atoms with Gasteiger partial charge in [0.2, 0.25) is 5.24 Å². The van der Waals surface area contributed by atoms with Gasteiger partial charge in [0.05, 0.1) is 5.41 Å². The molecule has 0 saturated heterocycles. The van der Waals surface area contributed by atoms with E-state index in [9.17, 15) is 13.2 Å². The van der Waals surface area contributed by atoms with Crippen LogP contribution < -0.4 is 0 Å². The molecule has 0 aliphatic rings. The maximum Gasteiger partial charge on any atom is 0.254 e. The molecule has 3 nitrogen and oxygen atoms in total. The van der Waals surface area contributed by atoms with Gasteiger partial charge in [0.15, 0.2) is 0 Å². The third-order valence-electron chi connectivity index (χ3n) is 0.362. The zero-order chi connectivity index (χ0) is 7.49. The van der Waals surface area contributed by atoms with Gasteiger partial charge in [0.25, 0.3) is 9.05 Å². The maximum atomic E-state index is 10.0. The predicted octanol–water partition coefficient (Wildman–Crippen LogP) is 0.834. The molecule has 0 amide bonds. The minimum absolute atomic E-state index is 0.518. The van der Waals surface area contributed by atoms with Crippen LogP contribution in [-0.4, -0.2) is 13.7 Å². The number of allylic oxidation sites excluding steroid dienone is 1. The molecule has 0 aliphatic carbocycles. The Bertz CT molecular complexity index is 227. The molecule has 0 heterocycles. The number of hydrogen-bond acceptors (Lipinski definition) is 3. The van der Waals surface area contributed by atoms with Gasteiger partial charge in [-0.05, 0) is 11.6 Å². The van der Waals surface area contributed by atoms with Crippen LogP contribution in [0.25, 0.3) is 0 Å². The summed E-state index contributed by atoms with van der Waals surface area (Å²) in [7, 11) is 0.919. The standard InChI is InChI=1S/C3H2Cl2O3S/c4-3(6)1-2-9(5,7)8/h1-2H/b2-1+. The summed E-state index contributed by atoms with van der Waals surface area (Å²) in [6.07, 6.45) is 0.657. The molecule has 0 unspecified atom stereocenters. The van der Waals surface area contributed by atoms with E-state index in [1.54, 1.807) is 0 Å². The summed E-state index contributed by atoms with van der Waals surface area (Å²) >= 11 is 4.74. The van der Waals surface area contributed by atoms with Crippen molar-refractivity contribution < 1.29 is 13.2 Å². The molecule has 0 aliphatic heterocycles. The average Bonchev–Trinajstić information content (AvgIpc) is 1.59. The number of hydrogen-bond donors (Lipinski definition) is 0. The van der Waals surface area contributed by atoms with E-state index in [1.807, 2.05) is 0 Å². The van der Waals surface area contributed by atoms with Crippen molar-refractivity contribution in [2.24, 2.45) is 0 Å². The molecule has 0 radical (unpaired) electrons. The predicted molar refractivity (Wildman–Crippen MR) is 34.8 cm³/mol. The second kappa shape index (κ2) is 3.20. The van der Waals surface area contributed by atoms with Crippen molar-refractivity contribution in [1.29, 1.82) is 0 Å². The topological polar surface area (TPSA) is 51.2 Å². The highest BCUT2D eigenvalue weighted by molar-refractivity contribution is 8.16. The van der Waals surface area contributed by atoms with Crippen molar-refractivity contribution in [2.45, 2.75) is 0 Å². The molecule has 0 fully saturated rings. The molecule has 0 spiro atoms. The summed E-state index contributed by atoms with van der Waals surface area (Å²) in [5.41, 5.74) is 0. The highest BCUT2D eigenvalue weighted by Crippen LogP contribution is 1.97. The van der Waals surface area contributed by atoms with Crippen molar-refractivity contribution in [1.82, 2.24) is 0 Å². The number of rotatable bonds is 2. The van der Waals surface area contributed by atoms with Gasteiger partial charge in [0.1, 0.15) is 0 Å². The summed E-state index contributed by atoms with van der Waals surface area (Å²) < 4.78 is 20.0. The van der Waals surface area contributed by atoms with Gasteiger partial charge in [-0.2, -0.15) is 0 Å². The third-order valence-corrected chi connectivity index (χ3v) is 1.26. The van der Waals surface area contributed by atoms with Crippen LogP contribution in [0.1, 0.15) is 0 Å². The van der Waals surface area contributed by atoms with E-state index >= 15 is 0 Å². The summed E-state index contributed by atoms with van der Waals surface area (Å²) in [5, 5.41) is -0.358. The molecule has 0 aromatic carbocycles. The fraction of sp³-hybridized carbons (Fsp3) is 0. The van der Waals surface area contributed by atoms with Crippen molar-refractivity contribution in [3.63, 3.8) is 0 Å². The first-order valence-electron chi connectivity index (χ1n) is 1.74. The minimum atomic E-state index is -3.73. The second-order valence-corrected chi connectivity index (χ2v) is 3.97. The van der Waals surface area contributed by atoms with E-state index in [2.05, 4.69) is 10.7 Å². The Morgan fingerprint density at radius 1 is 1.44 bits per heavy atom. The number of carbonyl (C=O) groups excluding carboxylic acids is 1. The van der Waals surface area contributed by atoms with Gasteiger partial charge in [-0.1, -0.05) is 0 Å². The quantitative estimate of drug-likeness (QED) is 0.477. The lowest BCUT2D eigenvalue weighted by atomic mass is 10.7. The molecule has 0 rings (SSSR count). The van der Waals surface area contributed by atoms with Crippen LogP contribution in [0.3, 0.4) is 0 Å². The van der Waals surface area contributed by atoms with E-state index in [4.69, 9.17) is 11.6 Å². The highest BCUT2D eigenvalue weighted by Gasteiger charge is 1.96. The zero-order valence-corrected chi connectivity index (χ0v) is 6.37. The first-order valence-corrected chi connectivity index (χ1v) is 4.49. The van der Waals surface area contributed by atoms with Gasteiger partial charge < -0.3 is 0 Å². The number of halogens is 2. The Kier molecular flexibility index (Phi) is 3.17.